The number of ether oxygens (including phenoxy) is 4. The number of aldehydes is 1. The first-order valence-electron chi connectivity index (χ1n) is 17.9. The van der Waals surface area contributed by atoms with E-state index in [2.05, 4.69) is 42.5 Å². The summed E-state index contributed by atoms with van der Waals surface area (Å²) >= 11 is 6.35. The van der Waals surface area contributed by atoms with Crippen LogP contribution in [0.15, 0.2) is 36.4 Å². The minimum Gasteiger partial charge on any atom is -0.491 e. The van der Waals surface area contributed by atoms with Crippen LogP contribution in [0.2, 0.25) is 5.02 Å². The SMILES string of the molecule is CCCC(C)C(COC)S(=O)NC.CCCc1cc(Cl)ccc1C1COc2ccc(C=O)cc2N(CC2CCC2CC2OCCCO2)C1. The summed E-state index contributed by atoms with van der Waals surface area (Å²) in [6, 6.07) is 12.1. The minimum absolute atomic E-state index is 0.0589. The maximum absolute atomic E-state index is 11.6. The van der Waals surface area contributed by atoms with Gasteiger partial charge >= 0.3 is 0 Å². The zero-order valence-corrected chi connectivity index (χ0v) is 31.2. The number of benzene rings is 2. The lowest BCUT2D eigenvalue weighted by Gasteiger charge is -2.42. The van der Waals surface area contributed by atoms with Gasteiger partial charge in [0.15, 0.2) is 6.29 Å². The number of nitrogens with one attached hydrogen (secondary N) is 1. The van der Waals surface area contributed by atoms with E-state index >= 15 is 0 Å². The summed E-state index contributed by atoms with van der Waals surface area (Å²) in [6.07, 6.45) is 9.55. The number of carbonyl (C=O) groups excluding carboxylic acids is 1. The van der Waals surface area contributed by atoms with E-state index in [0.29, 0.717) is 36.5 Å². The summed E-state index contributed by atoms with van der Waals surface area (Å²) in [4.78, 5) is 14.0. The van der Waals surface area contributed by atoms with E-state index in [4.69, 9.17) is 30.5 Å². The second kappa shape index (κ2) is 20.0. The van der Waals surface area contributed by atoms with E-state index in [1.165, 1.54) is 24.0 Å². The van der Waals surface area contributed by atoms with Crippen molar-refractivity contribution in [2.24, 2.45) is 17.8 Å². The molecule has 1 aliphatic carbocycles. The maximum atomic E-state index is 11.6. The van der Waals surface area contributed by atoms with Crippen LogP contribution in [0.1, 0.15) is 93.1 Å². The van der Waals surface area contributed by atoms with E-state index in [1.54, 1.807) is 14.2 Å². The van der Waals surface area contributed by atoms with Gasteiger partial charge in [0.1, 0.15) is 12.0 Å². The Morgan fingerprint density at radius 1 is 1.10 bits per heavy atom. The molecule has 268 valence electrons. The van der Waals surface area contributed by atoms with Crippen LogP contribution in [0.4, 0.5) is 5.69 Å². The molecule has 0 aromatic heterocycles. The van der Waals surface area contributed by atoms with E-state index in [0.717, 1.165) is 87.6 Å². The molecule has 2 aliphatic heterocycles. The number of hydrogen-bond acceptors (Lipinski definition) is 7. The summed E-state index contributed by atoms with van der Waals surface area (Å²) in [5, 5.41) is 0.891. The smallest absolute Gasteiger partial charge is 0.157 e. The number of rotatable bonds is 15. The van der Waals surface area contributed by atoms with Gasteiger partial charge in [0.05, 0.1) is 48.4 Å². The lowest BCUT2D eigenvalue weighted by Crippen LogP contribution is -2.42. The third-order valence-corrected chi connectivity index (χ3v) is 11.8. The van der Waals surface area contributed by atoms with Crippen LogP contribution in [-0.2, 0) is 31.6 Å². The van der Waals surface area contributed by atoms with Gasteiger partial charge in [-0.3, -0.25) is 4.79 Å². The summed E-state index contributed by atoms with van der Waals surface area (Å²) in [7, 11) is 2.40. The van der Waals surface area contributed by atoms with Crippen molar-refractivity contribution >= 4 is 34.6 Å². The molecule has 2 fully saturated rings. The molecule has 2 aromatic carbocycles. The number of nitrogens with zero attached hydrogens (tertiary/aromatic N) is 1. The van der Waals surface area contributed by atoms with Gasteiger partial charge < -0.3 is 23.8 Å². The van der Waals surface area contributed by atoms with Crippen LogP contribution < -0.4 is 14.4 Å². The molecule has 1 saturated carbocycles. The Morgan fingerprint density at radius 3 is 2.52 bits per heavy atom. The topological polar surface area (TPSA) is 86.3 Å². The van der Waals surface area contributed by atoms with Crippen molar-refractivity contribution in [2.45, 2.75) is 89.6 Å². The first-order chi connectivity index (χ1) is 23.3. The number of carbonyl (C=O) groups is 1. The fraction of sp³-hybridized carbons (Fsp3) is 0.658. The number of hydrogen-bond donors (Lipinski definition) is 1. The van der Waals surface area contributed by atoms with Crippen molar-refractivity contribution in [3.8, 4) is 5.75 Å². The van der Waals surface area contributed by atoms with Crippen molar-refractivity contribution in [3.63, 3.8) is 0 Å². The Hall–Kier alpha value is -2.01. The van der Waals surface area contributed by atoms with Gasteiger partial charge in [0.25, 0.3) is 0 Å². The summed E-state index contributed by atoms with van der Waals surface area (Å²) in [5.74, 6) is 2.71. The zero-order chi connectivity index (χ0) is 34.5. The van der Waals surface area contributed by atoms with Crippen LogP contribution in [0.25, 0.3) is 0 Å². The molecule has 0 bridgehead atoms. The van der Waals surface area contributed by atoms with Gasteiger partial charge in [0.2, 0.25) is 0 Å². The molecule has 3 aliphatic rings. The van der Waals surface area contributed by atoms with Gasteiger partial charge in [-0.1, -0.05) is 51.3 Å². The monoisotopic (exact) mass is 704 g/mol. The van der Waals surface area contributed by atoms with Crippen molar-refractivity contribution in [1.82, 2.24) is 4.72 Å². The van der Waals surface area contributed by atoms with Crippen molar-refractivity contribution in [2.75, 3.05) is 58.6 Å². The van der Waals surface area contributed by atoms with E-state index in [9.17, 15) is 9.00 Å². The molecule has 10 heteroatoms. The second-order valence-corrected chi connectivity index (χ2v) is 15.5. The molecule has 0 radical (unpaired) electrons. The molecule has 0 spiro atoms. The van der Waals surface area contributed by atoms with Crippen LogP contribution in [0, 0.1) is 17.8 Å². The third kappa shape index (κ3) is 10.7. The molecule has 2 aromatic rings. The van der Waals surface area contributed by atoms with Crippen molar-refractivity contribution in [3.05, 3.63) is 58.1 Å². The number of anilines is 1. The van der Waals surface area contributed by atoms with Crippen molar-refractivity contribution < 1.29 is 28.0 Å². The fourth-order valence-electron chi connectivity index (χ4n) is 7.19. The van der Waals surface area contributed by atoms with Crippen LogP contribution >= 0.6 is 11.6 Å². The van der Waals surface area contributed by atoms with Crippen LogP contribution in [-0.4, -0.2) is 75.7 Å². The Labute approximate surface area is 296 Å². The predicted molar refractivity (Wildman–Crippen MR) is 196 cm³/mol. The molecule has 5 rings (SSSR count). The Balaban J connectivity index is 0.000000341. The molecule has 0 amide bonds. The number of aryl methyl sites for hydroxylation is 1. The average molecular weight is 705 g/mol. The highest BCUT2D eigenvalue weighted by Gasteiger charge is 2.37. The molecular weight excluding hydrogens is 648 g/mol. The van der Waals surface area contributed by atoms with E-state index < -0.39 is 11.0 Å². The van der Waals surface area contributed by atoms with E-state index in [-0.39, 0.29) is 17.5 Å². The molecule has 2 heterocycles. The number of methoxy groups -OCH3 is 1. The molecule has 1 N–H and O–H groups in total. The van der Waals surface area contributed by atoms with E-state index in [1.807, 2.05) is 24.3 Å². The normalized spacial score (nSPS) is 23.0. The predicted octanol–water partition coefficient (Wildman–Crippen LogP) is 7.59. The largest absolute Gasteiger partial charge is 0.491 e. The first kappa shape index (κ1) is 38.8. The number of fused-ring (bicyclic) bond motifs is 1. The highest BCUT2D eigenvalue weighted by molar-refractivity contribution is 7.83. The highest BCUT2D eigenvalue weighted by Crippen LogP contribution is 2.43. The highest BCUT2D eigenvalue weighted by atomic mass is 35.5. The quantitative estimate of drug-likeness (QED) is 0.191. The number of halogens is 1. The standard InChI is InChI=1S/C29H36ClNO4.C9H21NO2S/c1-2-4-22-14-25(30)8-9-26(22)24-17-31(27-13-20(18-32)5-10-28(27)35-19-24)16-23-7-6-21(23)15-29-33-11-3-12-34-29;1-5-6-8(2)9(7-12-4)13(11)10-3/h5,8-10,13-14,18,21,23-24,29H,2-4,6-7,11-12,15-17,19H2,1H3;8-10H,5-7H2,1-4H3. The van der Waals surface area contributed by atoms with Gasteiger partial charge in [-0.15, -0.1) is 0 Å². The summed E-state index contributed by atoms with van der Waals surface area (Å²) < 4.78 is 37.4. The lowest BCUT2D eigenvalue weighted by atomic mass is 9.71. The van der Waals surface area contributed by atoms with Crippen LogP contribution in [0.3, 0.4) is 0 Å². The molecule has 48 heavy (non-hydrogen) atoms. The Morgan fingerprint density at radius 2 is 1.88 bits per heavy atom. The van der Waals surface area contributed by atoms with Crippen molar-refractivity contribution in [1.29, 1.82) is 0 Å². The van der Waals surface area contributed by atoms with Gasteiger partial charge in [-0.25, -0.2) is 8.93 Å². The third-order valence-electron chi connectivity index (χ3n) is 10.0. The summed E-state index contributed by atoms with van der Waals surface area (Å²) in [6.45, 7) is 11.1. The molecule has 8 nitrogen and oxygen atoms in total. The van der Waals surface area contributed by atoms with Gasteiger partial charge in [-0.05, 0) is 98.4 Å². The first-order valence-corrected chi connectivity index (χ1v) is 19.5. The Kier molecular flexibility index (Phi) is 16.2. The molecular formula is C38H57ClN2O6S. The molecule has 6 atom stereocenters. The average Bonchev–Trinajstić information content (AvgIpc) is 3.27. The fourth-order valence-corrected chi connectivity index (χ4v) is 8.50. The summed E-state index contributed by atoms with van der Waals surface area (Å²) in [5.41, 5.74) is 4.34. The molecule has 6 unspecified atom stereocenters. The Bertz CT molecular complexity index is 1310. The minimum atomic E-state index is -0.971. The van der Waals surface area contributed by atoms with Gasteiger partial charge in [-0.2, -0.15) is 0 Å². The lowest BCUT2D eigenvalue weighted by molar-refractivity contribution is -0.192. The second-order valence-electron chi connectivity index (χ2n) is 13.5. The maximum Gasteiger partial charge on any atom is 0.157 e. The zero-order valence-electron chi connectivity index (χ0n) is 29.6. The van der Waals surface area contributed by atoms with Gasteiger partial charge in [0, 0.05) is 43.1 Å². The van der Waals surface area contributed by atoms with Crippen LogP contribution in [0.5, 0.6) is 5.75 Å². The molecule has 1 saturated heterocycles.